The van der Waals surface area contributed by atoms with Crippen molar-refractivity contribution in [3.05, 3.63) is 17.0 Å². The van der Waals surface area contributed by atoms with Crippen LogP contribution in [0.2, 0.25) is 0 Å². The summed E-state index contributed by atoms with van der Waals surface area (Å²) in [5.41, 5.74) is 0. The highest BCUT2D eigenvalue weighted by Crippen LogP contribution is 2.24. The van der Waals surface area contributed by atoms with E-state index in [9.17, 15) is 13.2 Å². The predicted octanol–water partition coefficient (Wildman–Crippen LogP) is 1.37. The molecule has 0 fully saturated rings. The van der Waals surface area contributed by atoms with Crippen molar-refractivity contribution in [3.63, 3.8) is 0 Å². The Morgan fingerprint density at radius 1 is 1.56 bits per heavy atom. The van der Waals surface area contributed by atoms with Crippen molar-refractivity contribution in [3.8, 4) is 0 Å². The normalized spacial score (nSPS) is 13.3. The van der Waals surface area contributed by atoms with Crippen LogP contribution in [-0.4, -0.2) is 34.1 Å². The van der Waals surface area contributed by atoms with E-state index in [1.165, 1.54) is 6.07 Å². The minimum absolute atomic E-state index is 0.0530. The number of ether oxygens (including phenoxy) is 1. The molecule has 0 spiro atoms. The Hall–Kier alpha value is -0.630. The molecule has 0 aliphatic heterocycles. The average molecular weight is 312 g/mol. The summed E-state index contributed by atoms with van der Waals surface area (Å²) < 4.78 is 27.1. The maximum Gasteiger partial charge on any atom is 0.270 e. The number of methoxy groups -OCH3 is 1. The van der Waals surface area contributed by atoms with Gasteiger partial charge in [-0.15, -0.1) is 11.3 Å². The number of halogens is 1. The fraction of sp³-hybridized carbons (Fsp3) is 0.500. The van der Waals surface area contributed by atoms with Gasteiger partial charge in [0.25, 0.3) is 9.05 Å². The second-order valence-electron chi connectivity index (χ2n) is 3.69. The van der Waals surface area contributed by atoms with Crippen molar-refractivity contribution in [1.82, 2.24) is 5.32 Å². The Kier molecular flexibility index (Phi) is 5.58. The number of rotatable bonds is 6. The SMILES string of the molecule is COC(C)CNC(=O)Cc1ccc(S(=O)(=O)Cl)s1. The van der Waals surface area contributed by atoms with Crippen LogP contribution in [0.1, 0.15) is 11.8 Å². The van der Waals surface area contributed by atoms with Crippen molar-refractivity contribution in [2.24, 2.45) is 0 Å². The molecule has 1 amide bonds. The molecule has 18 heavy (non-hydrogen) atoms. The van der Waals surface area contributed by atoms with Crippen LogP contribution in [0.5, 0.6) is 0 Å². The third-order valence-electron chi connectivity index (χ3n) is 2.20. The van der Waals surface area contributed by atoms with Crippen LogP contribution >= 0.6 is 22.0 Å². The largest absolute Gasteiger partial charge is 0.380 e. The third kappa shape index (κ3) is 4.93. The highest BCUT2D eigenvalue weighted by atomic mass is 35.7. The van der Waals surface area contributed by atoms with Crippen molar-refractivity contribution >= 4 is 37.0 Å². The van der Waals surface area contributed by atoms with Gasteiger partial charge in [-0.2, -0.15) is 0 Å². The van der Waals surface area contributed by atoms with Crippen LogP contribution in [0.4, 0.5) is 0 Å². The molecule has 0 bridgehead atoms. The summed E-state index contributed by atoms with van der Waals surface area (Å²) in [5, 5.41) is 2.69. The number of nitrogens with one attached hydrogen (secondary N) is 1. The topological polar surface area (TPSA) is 72.5 Å². The summed E-state index contributed by atoms with van der Waals surface area (Å²) >= 11 is 0.996. The Morgan fingerprint density at radius 3 is 2.72 bits per heavy atom. The number of carbonyl (C=O) groups is 1. The number of amides is 1. The lowest BCUT2D eigenvalue weighted by molar-refractivity contribution is -0.120. The van der Waals surface area contributed by atoms with Gasteiger partial charge in [0.2, 0.25) is 5.91 Å². The molecule has 0 saturated carbocycles. The number of hydrogen-bond donors (Lipinski definition) is 1. The second-order valence-corrected chi connectivity index (χ2v) is 7.65. The summed E-state index contributed by atoms with van der Waals surface area (Å²) in [6.07, 6.45) is 0.0733. The van der Waals surface area contributed by atoms with Crippen molar-refractivity contribution in [2.45, 2.75) is 23.7 Å². The van der Waals surface area contributed by atoms with E-state index in [-0.39, 0.29) is 22.6 Å². The summed E-state index contributed by atoms with van der Waals surface area (Å²) in [7, 11) is 3.05. The zero-order valence-corrected chi connectivity index (χ0v) is 12.4. The van der Waals surface area contributed by atoms with Crippen molar-refractivity contribution in [1.29, 1.82) is 0 Å². The molecule has 5 nitrogen and oxygen atoms in total. The zero-order chi connectivity index (χ0) is 13.8. The van der Waals surface area contributed by atoms with Gasteiger partial charge in [0.05, 0.1) is 12.5 Å². The van der Waals surface area contributed by atoms with Crippen LogP contribution in [0.25, 0.3) is 0 Å². The van der Waals surface area contributed by atoms with Gasteiger partial charge < -0.3 is 10.1 Å². The maximum absolute atomic E-state index is 11.5. The lowest BCUT2D eigenvalue weighted by Crippen LogP contribution is -2.32. The summed E-state index contributed by atoms with van der Waals surface area (Å²) in [6.45, 7) is 2.25. The van der Waals surface area contributed by atoms with E-state index in [1.54, 1.807) is 13.2 Å². The molecule has 0 aromatic carbocycles. The quantitative estimate of drug-likeness (QED) is 0.805. The molecule has 1 N–H and O–H groups in total. The lowest BCUT2D eigenvalue weighted by Gasteiger charge is -2.10. The summed E-state index contributed by atoms with van der Waals surface area (Å²) in [6, 6.07) is 2.98. The molecule has 0 aliphatic rings. The second kappa shape index (κ2) is 6.51. The first-order valence-corrected chi connectivity index (χ1v) is 8.28. The highest BCUT2D eigenvalue weighted by Gasteiger charge is 2.14. The molecule has 1 atom stereocenters. The van der Waals surface area contributed by atoms with Crippen LogP contribution in [0.15, 0.2) is 16.3 Å². The molecular formula is C10H14ClNO4S2. The van der Waals surface area contributed by atoms with E-state index < -0.39 is 9.05 Å². The van der Waals surface area contributed by atoms with Crippen LogP contribution in [0, 0.1) is 0 Å². The predicted molar refractivity (Wildman–Crippen MR) is 70.5 cm³/mol. The van der Waals surface area contributed by atoms with E-state index in [0.29, 0.717) is 11.4 Å². The molecule has 1 aromatic heterocycles. The first-order chi connectivity index (χ1) is 8.32. The Bertz CT molecular complexity index is 512. The van der Waals surface area contributed by atoms with Gasteiger partial charge in [-0.3, -0.25) is 4.79 Å². The van der Waals surface area contributed by atoms with Crippen molar-refractivity contribution in [2.75, 3.05) is 13.7 Å². The average Bonchev–Trinajstić information content (AvgIpc) is 2.74. The fourth-order valence-corrected chi connectivity index (χ4v) is 3.27. The van der Waals surface area contributed by atoms with Crippen LogP contribution in [-0.2, 0) is 25.0 Å². The van der Waals surface area contributed by atoms with Gasteiger partial charge in [-0.25, -0.2) is 8.42 Å². The molecule has 8 heteroatoms. The van der Waals surface area contributed by atoms with E-state index >= 15 is 0 Å². The Labute approximate surface area is 115 Å². The first-order valence-electron chi connectivity index (χ1n) is 5.16. The van der Waals surface area contributed by atoms with Crippen molar-refractivity contribution < 1.29 is 17.9 Å². The smallest absolute Gasteiger partial charge is 0.270 e. The number of carbonyl (C=O) groups excluding carboxylic acids is 1. The third-order valence-corrected chi connectivity index (χ3v) is 5.38. The minimum Gasteiger partial charge on any atom is -0.380 e. The van der Waals surface area contributed by atoms with Gasteiger partial charge in [0, 0.05) is 29.2 Å². The van der Waals surface area contributed by atoms with E-state index in [0.717, 1.165) is 11.3 Å². The molecule has 1 heterocycles. The summed E-state index contributed by atoms with van der Waals surface area (Å²) in [5.74, 6) is -0.181. The fourth-order valence-electron chi connectivity index (χ4n) is 1.15. The maximum atomic E-state index is 11.5. The van der Waals surface area contributed by atoms with Crippen LogP contribution in [0.3, 0.4) is 0 Å². The minimum atomic E-state index is -3.71. The van der Waals surface area contributed by atoms with Gasteiger partial charge in [-0.05, 0) is 19.1 Å². The highest BCUT2D eigenvalue weighted by molar-refractivity contribution is 8.15. The number of thiophene rings is 1. The first kappa shape index (κ1) is 15.4. The van der Waals surface area contributed by atoms with Gasteiger partial charge >= 0.3 is 0 Å². The van der Waals surface area contributed by atoms with E-state index in [2.05, 4.69) is 5.32 Å². The molecule has 0 saturated heterocycles. The molecule has 1 unspecified atom stereocenters. The van der Waals surface area contributed by atoms with Crippen LogP contribution < -0.4 is 5.32 Å². The molecule has 1 aromatic rings. The van der Waals surface area contributed by atoms with Gasteiger partial charge in [-0.1, -0.05) is 0 Å². The number of hydrogen-bond acceptors (Lipinski definition) is 5. The zero-order valence-electron chi connectivity index (χ0n) is 9.97. The molecular weight excluding hydrogens is 298 g/mol. The monoisotopic (exact) mass is 311 g/mol. The standard InChI is InChI=1S/C10H14ClNO4S2/c1-7(16-2)6-12-9(13)5-8-3-4-10(17-8)18(11,14)15/h3-4,7H,5-6H2,1-2H3,(H,12,13). The molecule has 102 valence electrons. The molecule has 1 rings (SSSR count). The molecule has 0 aliphatic carbocycles. The van der Waals surface area contributed by atoms with Gasteiger partial charge in [0.15, 0.2) is 0 Å². The van der Waals surface area contributed by atoms with E-state index in [4.69, 9.17) is 15.4 Å². The summed E-state index contributed by atoms with van der Waals surface area (Å²) in [4.78, 5) is 12.2. The Morgan fingerprint density at radius 2 is 2.22 bits per heavy atom. The lowest BCUT2D eigenvalue weighted by atomic mass is 10.3. The van der Waals surface area contributed by atoms with E-state index in [1.807, 2.05) is 6.92 Å². The Balaban J connectivity index is 2.53. The van der Waals surface area contributed by atoms with Gasteiger partial charge in [0.1, 0.15) is 4.21 Å². The molecule has 0 radical (unpaired) electrons.